The van der Waals surface area contributed by atoms with E-state index in [0.29, 0.717) is 17.7 Å². The Kier molecular flexibility index (Phi) is 4.39. The van der Waals surface area contributed by atoms with Crippen molar-refractivity contribution in [3.63, 3.8) is 0 Å². The molecule has 7 heteroatoms. The van der Waals surface area contributed by atoms with Gasteiger partial charge in [-0.05, 0) is 56.4 Å². The van der Waals surface area contributed by atoms with E-state index >= 15 is 0 Å². The number of aryl methyl sites for hydroxylation is 1. The number of nitrogens with one attached hydrogen (secondary N) is 1. The third-order valence-electron chi connectivity index (χ3n) is 4.34. The van der Waals surface area contributed by atoms with Gasteiger partial charge in [0.25, 0.3) is 0 Å². The molecule has 0 radical (unpaired) electrons. The van der Waals surface area contributed by atoms with Gasteiger partial charge >= 0.3 is 0 Å². The molecule has 0 saturated heterocycles. The molecule has 1 aromatic heterocycles. The Bertz CT molecular complexity index is 783. The highest BCUT2D eigenvalue weighted by Gasteiger charge is 2.36. The SMILES string of the molecule is Cc1cc(Br)ccc1NC(=O)CSc1nnc(C2CC2)n1C1CC1. The number of aromatic nitrogens is 3. The molecule has 1 aromatic carbocycles. The first-order valence-corrected chi connectivity index (χ1v) is 10.0. The Morgan fingerprint density at radius 3 is 2.79 bits per heavy atom. The summed E-state index contributed by atoms with van der Waals surface area (Å²) in [5.74, 6) is 2.06. The summed E-state index contributed by atoms with van der Waals surface area (Å²) in [5.41, 5.74) is 1.89. The van der Waals surface area contributed by atoms with E-state index in [2.05, 4.69) is 36.0 Å². The highest BCUT2D eigenvalue weighted by atomic mass is 79.9. The molecule has 2 aliphatic rings. The van der Waals surface area contributed by atoms with Gasteiger partial charge in [0.05, 0.1) is 5.75 Å². The van der Waals surface area contributed by atoms with Gasteiger partial charge in [0, 0.05) is 22.1 Å². The predicted molar refractivity (Wildman–Crippen MR) is 98.5 cm³/mol. The zero-order valence-electron chi connectivity index (χ0n) is 13.5. The van der Waals surface area contributed by atoms with Crippen molar-refractivity contribution in [2.75, 3.05) is 11.1 Å². The van der Waals surface area contributed by atoms with Crippen LogP contribution in [0.5, 0.6) is 0 Å². The van der Waals surface area contributed by atoms with Crippen LogP contribution in [0.15, 0.2) is 27.8 Å². The predicted octanol–water partition coefficient (Wildman–Crippen LogP) is 4.29. The molecule has 5 nitrogen and oxygen atoms in total. The van der Waals surface area contributed by atoms with Crippen LogP contribution < -0.4 is 5.32 Å². The number of rotatable bonds is 6. The molecule has 24 heavy (non-hydrogen) atoms. The van der Waals surface area contributed by atoms with Gasteiger partial charge in [0.15, 0.2) is 5.16 Å². The lowest BCUT2D eigenvalue weighted by Gasteiger charge is -2.10. The second-order valence-electron chi connectivity index (χ2n) is 6.51. The molecule has 0 aliphatic heterocycles. The lowest BCUT2D eigenvalue weighted by Crippen LogP contribution is -2.15. The van der Waals surface area contributed by atoms with Crippen LogP contribution in [-0.2, 0) is 4.79 Å². The van der Waals surface area contributed by atoms with Crippen molar-refractivity contribution in [1.82, 2.24) is 14.8 Å². The van der Waals surface area contributed by atoms with Crippen molar-refractivity contribution >= 4 is 39.3 Å². The van der Waals surface area contributed by atoms with Gasteiger partial charge in [-0.15, -0.1) is 10.2 Å². The number of carbonyl (C=O) groups is 1. The average Bonchev–Trinajstić information content (AvgIpc) is 3.47. The Morgan fingerprint density at radius 1 is 1.33 bits per heavy atom. The Morgan fingerprint density at radius 2 is 2.12 bits per heavy atom. The maximum Gasteiger partial charge on any atom is 0.234 e. The van der Waals surface area contributed by atoms with Crippen molar-refractivity contribution in [2.45, 2.75) is 49.7 Å². The van der Waals surface area contributed by atoms with Crippen molar-refractivity contribution in [1.29, 1.82) is 0 Å². The minimum atomic E-state index is -0.0104. The first kappa shape index (κ1) is 16.1. The van der Waals surface area contributed by atoms with E-state index in [4.69, 9.17) is 0 Å². The molecule has 2 aromatic rings. The van der Waals surface area contributed by atoms with Crippen LogP contribution in [0.4, 0.5) is 5.69 Å². The van der Waals surface area contributed by atoms with Gasteiger partial charge < -0.3 is 9.88 Å². The molecule has 0 atom stereocenters. The largest absolute Gasteiger partial charge is 0.325 e. The van der Waals surface area contributed by atoms with Gasteiger partial charge in [-0.1, -0.05) is 27.7 Å². The number of hydrogen-bond donors (Lipinski definition) is 1. The smallest absolute Gasteiger partial charge is 0.234 e. The van der Waals surface area contributed by atoms with E-state index in [1.165, 1.54) is 37.4 Å². The van der Waals surface area contributed by atoms with Crippen LogP contribution in [-0.4, -0.2) is 26.4 Å². The molecule has 1 amide bonds. The Hall–Kier alpha value is -1.34. The molecule has 4 rings (SSSR count). The van der Waals surface area contributed by atoms with Crippen molar-refractivity contribution in [2.24, 2.45) is 0 Å². The molecular formula is C17H19BrN4OS. The summed E-state index contributed by atoms with van der Waals surface area (Å²) in [6, 6.07) is 6.39. The van der Waals surface area contributed by atoms with Crippen LogP contribution in [0.3, 0.4) is 0 Å². The molecule has 0 spiro atoms. The average molecular weight is 407 g/mol. The number of benzene rings is 1. The molecule has 2 aliphatic carbocycles. The van der Waals surface area contributed by atoms with E-state index < -0.39 is 0 Å². The topological polar surface area (TPSA) is 59.8 Å². The fourth-order valence-corrected chi connectivity index (χ4v) is 4.05. The van der Waals surface area contributed by atoms with Crippen LogP contribution in [0.2, 0.25) is 0 Å². The molecule has 0 bridgehead atoms. The number of anilines is 1. The lowest BCUT2D eigenvalue weighted by atomic mass is 10.2. The summed E-state index contributed by atoms with van der Waals surface area (Å²) >= 11 is 4.92. The quantitative estimate of drug-likeness (QED) is 0.726. The van der Waals surface area contributed by atoms with Gasteiger partial charge in [-0.3, -0.25) is 4.79 Å². The van der Waals surface area contributed by atoms with Gasteiger partial charge in [-0.25, -0.2) is 0 Å². The Balaban J connectivity index is 1.40. The van der Waals surface area contributed by atoms with E-state index in [1.807, 2.05) is 25.1 Å². The van der Waals surface area contributed by atoms with E-state index in [0.717, 1.165) is 26.7 Å². The van der Waals surface area contributed by atoms with Crippen LogP contribution in [0.1, 0.15) is 49.0 Å². The summed E-state index contributed by atoms with van der Waals surface area (Å²) in [6.07, 6.45) is 4.85. The number of carbonyl (C=O) groups excluding carboxylic acids is 1. The normalized spacial score (nSPS) is 17.1. The third kappa shape index (κ3) is 3.52. The van der Waals surface area contributed by atoms with Crippen LogP contribution >= 0.6 is 27.7 Å². The standard InChI is InChI=1S/C17H19BrN4OS/c1-10-8-12(18)4-7-14(10)19-15(23)9-24-17-21-20-16(11-2-3-11)22(17)13-5-6-13/h4,7-8,11,13H,2-3,5-6,9H2,1H3,(H,19,23). The molecule has 126 valence electrons. The summed E-state index contributed by atoms with van der Waals surface area (Å²) in [5, 5.41) is 12.6. The summed E-state index contributed by atoms with van der Waals surface area (Å²) in [6.45, 7) is 1.99. The first-order valence-electron chi connectivity index (χ1n) is 8.25. The molecular weight excluding hydrogens is 388 g/mol. The van der Waals surface area contributed by atoms with Crippen LogP contribution in [0, 0.1) is 6.92 Å². The minimum absolute atomic E-state index is 0.0104. The maximum atomic E-state index is 12.3. The molecule has 1 heterocycles. The number of hydrogen-bond acceptors (Lipinski definition) is 4. The lowest BCUT2D eigenvalue weighted by molar-refractivity contribution is -0.113. The zero-order valence-corrected chi connectivity index (χ0v) is 15.9. The van der Waals surface area contributed by atoms with Crippen molar-refractivity contribution in [3.05, 3.63) is 34.1 Å². The van der Waals surface area contributed by atoms with E-state index in [9.17, 15) is 4.79 Å². The summed E-state index contributed by atoms with van der Waals surface area (Å²) in [4.78, 5) is 12.3. The third-order valence-corrected chi connectivity index (χ3v) is 5.78. The number of halogens is 1. The second kappa shape index (κ2) is 6.52. The highest BCUT2D eigenvalue weighted by Crippen LogP contribution is 2.45. The summed E-state index contributed by atoms with van der Waals surface area (Å²) in [7, 11) is 0. The number of amides is 1. The van der Waals surface area contributed by atoms with Crippen LogP contribution in [0.25, 0.3) is 0 Å². The molecule has 0 unspecified atom stereocenters. The van der Waals surface area contributed by atoms with E-state index in [-0.39, 0.29) is 5.91 Å². The minimum Gasteiger partial charge on any atom is -0.325 e. The van der Waals surface area contributed by atoms with Gasteiger partial charge in [0.2, 0.25) is 5.91 Å². The second-order valence-corrected chi connectivity index (χ2v) is 8.37. The maximum absolute atomic E-state index is 12.3. The fraction of sp³-hybridized carbons (Fsp3) is 0.471. The monoisotopic (exact) mass is 406 g/mol. The highest BCUT2D eigenvalue weighted by molar-refractivity contribution is 9.10. The van der Waals surface area contributed by atoms with Crippen molar-refractivity contribution < 1.29 is 4.79 Å². The van der Waals surface area contributed by atoms with Crippen molar-refractivity contribution in [3.8, 4) is 0 Å². The van der Waals surface area contributed by atoms with E-state index in [1.54, 1.807) is 0 Å². The zero-order chi connectivity index (χ0) is 16.7. The molecule has 2 fully saturated rings. The van der Waals surface area contributed by atoms with Gasteiger partial charge in [0.1, 0.15) is 5.82 Å². The number of thioether (sulfide) groups is 1. The fourth-order valence-electron chi connectivity index (χ4n) is 2.77. The molecule has 1 N–H and O–H groups in total. The molecule has 2 saturated carbocycles. The summed E-state index contributed by atoms with van der Waals surface area (Å²) < 4.78 is 3.29. The first-order chi connectivity index (χ1) is 11.6. The number of nitrogens with zero attached hydrogens (tertiary/aromatic N) is 3. The van der Waals surface area contributed by atoms with Gasteiger partial charge in [-0.2, -0.15) is 0 Å². The Labute approximate surface area is 153 Å².